The van der Waals surface area contributed by atoms with Crippen molar-refractivity contribution in [1.29, 1.82) is 0 Å². The number of para-hydroxylation sites is 2. The monoisotopic (exact) mass is 347 g/mol. The van der Waals surface area contributed by atoms with Gasteiger partial charge in [-0.2, -0.15) is 0 Å². The van der Waals surface area contributed by atoms with Gasteiger partial charge >= 0.3 is 0 Å². The SMILES string of the molecule is CN1CCN(c2ccccc2NC(=O)c2ccc(Cl)cc2F)CC1. The number of hydrogen-bond donors (Lipinski definition) is 1. The van der Waals surface area contributed by atoms with E-state index in [9.17, 15) is 9.18 Å². The Kier molecular flexibility index (Phi) is 5.02. The van der Waals surface area contributed by atoms with Crippen LogP contribution in [0.1, 0.15) is 10.4 Å². The Morgan fingerprint density at radius 1 is 1.12 bits per heavy atom. The number of rotatable bonds is 3. The van der Waals surface area contributed by atoms with Crippen molar-refractivity contribution >= 4 is 28.9 Å². The van der Waals surface area contributed by atoms with Gasteiger partial charge < -0.3 is 15.1 Å². The van der Waals surface area contributed by atoms with Crippen LogP contribution in [0, 0.1) is 5.82 Å². The molecule has 0 saturated carbocycles. The third-order valence-electron chi connectivity index (χ3n) is 4.17. The Morgan fingerprint density at radius 3 is 2.54 bits per heavy atom. The molecule has 0 unspecified atom stereocenters. The minimum atomic E-state index is -0.628. The first kappa shape index (κ1) is 16.7. The molecule has 0 aliphatic carbocycles. The molecule has 1 fully saturated rings. The molecule has 0 aromatic heterocycles. The molecule has 1 heterocycles. The summed E-state index contributed by atoms with van der Waals surface area (Å²) in [7, 11) is 2.09. The molecule has 0 radical (unpaired) electrons. The van der Waals surface area contributed by atoms with Crippen LogP contribution in [-0.2, 0) is 0 Å². The number of nitrogens with zero attached hydrogens (tertiary/aromatic N) is 2. The molecule has 1 aliphatic heterocycles. The standard InChI is InChI=1S/C18H19ClFN3O/c1-22-8-10-23(11-9-22)17-5-3-2-4-16(17)21-18(24)14-7-6-13(19)12-15(14)20/h2-7,12H,8-11H2,1H3,(H,21,24). The van der Waals surface area contributed by atoms with Crippen LogP contribution >= 0.6 is 11.6 Å². The van der Waals surface area contributed by atoms with Crippen LogP contribution < -0.4 is 10.2 Å². The number of carbonyl (C=O) groups is 1. The number of nitrogens with one attached hydrogen (secondary N) is 1. The Labute approximate surface area is 145 Å². The molecule has 126 valence electrons. The summed E-state index contributed by atoms with van der Waals surface area (Å²) >= 11 is 5.74. The van der Waals surface area contributed by atoms with E-state index < -0.39 is 11.7 Å². The predicted molar refractivity (Wildman–Crippen MR) is 95.5 cm³/mol. The van der Waals surface area contributed by atoms with E-state index in [1.165, 1.54) is 12.1 Å². The summed E-state index contributed by atoms with van der Waals surface area (Å²) in [6.07, 6.45) is 0. The summed E-state index contributed by atoms with van der Waals surface area (Å²) in [4.78, 5) is 16.9. The maximum absolute atomic E-state index is 13.9. The number of hydrogen-bond acceptors (Lipinski definition) is 3. The van der Waals surface area contributed by atoms with E-state index in [2.05, 4.69) is 22.2 Å². The van der Waals surface area contributed by atoms with Gasteiger partial charge in [0.1, 0.15) is 5.82 Å². The van der Waals surface area contributed by atoms with Crippen molar-refractivity contribution in [3.05, 3.63) is 58.9 Å². The van der Waals surface area contributed by atoms with Gasteiger partial charge in [0.05, 0.1) is 16.9 Å². The number of benzene rings is 2. The molecule has 1 amide bonds. The second-order valence-electron chi connectivity index (χ2n) is 5.89. The van der Waals surface area contributed by atoms with Crippen LogP contribution in [0.15, 0.2) is 42.5 Å². The van der Waals surface area contributed by atoms with Crippen LogP contribution in [0.2, 0.25) is 5.02 Å². The lowest BCUT2D eigenvalue weighted by Crippen LogP contribution is -2.44. The van der Waals surface area contributed by atoms with Gasteiger partial charge in [-0.3, -0.25) is 4.79 Å². The zero-order valence-electron chi connectivity index (χ0n) is 13.4. The Balaban J connectivity index is 1.81. The van der Waals surface area contributed by atoms with Crippen molar-refractivity contribution in [2.24, 2.45) is 0 Å². The molecule has 0 atom stereocenters. The third-order valence-corrected chi connectivity index (χ3v) is 4.41. The number of piperazine rings is 1. The summed E-state index contributed by atoms with van der Waals surface area (Å²) in [6.45, 7) is 3.71. The molecule has 0 spiro atoms. The summed E-state index contributed by atoms with van der Waals surface area (Å²) in [5, 5.41) is 3.08. The van der Waals surface area contributed by atoms with E-state index in [1.807, 2.05) is 24.3 Å². The summed E-state index contributed by atoms with van der Waals surface area (Å²) < 4.78 is 13.9. The van der Waals surface area contributed by atoms with Crippen molar-refractivity contribution in [1.82, 2.24) is 4.90 Å². The number of halogens is 2. The number of anilines is 2. The summed E-state index contributed by atoms with van der Waals surface area (Å²) in [6, 6.07) is 11.6. The summed E-state index contributed by atoms with van der Waals surface area (Å²) in [5.74, 6) is -1.11. The van der Waals surface area contributed by atoms with Gasteiger partial charge in [-0.25, -0.2) is 4.39 Å². The smallest absolute Gasteiger partial charge is 0.258 e. The first-order valence-electron chi connectivity index (χ1n) is 7.83. The molecule has 0 bridgehead atoms. The summed E-state index contributed by atoms with van der Waals surface area (Å²) in [5.41, 5.74) is 1.61. The van der Waals surface area contributed by atoms with E-state index >= 15 is 0 Å². The lowest BCUT2D eigenvalue weighted by molar-refractivity contribution is 0.102. The van der Waals surface area contributed by atoms with Crippen molar-refractivity contribution < 1.29 is 9.18 Å². The average molecular weight is 348 g/mol. The highest BCUT2D eigenvalue weighted by molar-refractivity contribution is 6.30. The molecule has 4 nitrogen and oxygen atoms in total. The number of amides is 1. The molecule has 3 rings (SSSR count). The fourth-order valence-corrected chi connectivity index (χ4v) is 2.92. The zero-order valence-corrected chi connectivity index (χ0v) is 14.2. The maximum atomic E-state index is 13.9. The van der Waals surface area contributed by atoms with Crippen LogP contribution in [0.3, 0.4) is 0 Å². The molecule has 2 aromatic carbocycles. The molecule has 1 aliphatic rings. The number of likely N-dealkylation sites (N-methyl/N-ethyl adjacent to an activating group) is 1. The fraction of sp³-hybridized carbons (Fsp3) is 0.278. The second kappa shape index (κ2) is 7.20. The second-order valence-corrected chi connectivity index (χ2v) is 6.32. The normalized spacial score (nSPS) is 15.4. The zero-order chi connectivity index (χ0) is 17.1. The Morgan fingerprint density at radius 2 is 1.83 bits per heavy atom. The first-order chi connectivity index (χ1) is 11.5. The molecule has 1 saturated heterocycles. The van der Waals surface area contributed by atoms with E-state index in [0.29, 0.717) is 5.69 Å². The Bertz CT molecular complexity index is 745. The van der Waals surface area contributed by atoms with Crippen molar-refractivity contribution in [2.45, 2.75) is 0 Å². The molecular weight excluding hydrogens is 329 g/mol. The molecule has 6 heteroatoms. The molecule has 24 heavy (non-hydrogen) atoms. The van der Waals surface area contributed by atoms with Crippen molar-refractivity contribution in [3.8, 4) is 0 Å². The van der Waals surface area contributed by atoms with Gasteiger partial charge in [0, 0.05) is 31.2 Å². The molecular formula is C18H19ClFN3O. The predicted octanol–water partition coefficient (Wildman–Crippen LogP) is 3.48. The molecule has 2 aromatic rings. The average Bonchev–Trinajstić information content (AvgIpc) is 2.56. The van der Waals surface area contributed by atoms with Gasteiger partial charge in [0.25, 0.3) is 5.91 Å². The minimum Gasteiger partial charge on any atom is -0.367 e. The lowest BCUT2D eigenvalue weighted by atomic mass is 10.1. The van der Waals surface area contributed by atoms with E-state index in [0.717, 1.165) is 37.9 Å². The van der Waals surface area contributed by atoms with Crippen molar-refractivity contribution in [3.63, 3.8) is 0 Å². The van der Waals surface area contributed by atoms with Crippen LogP contribution in [-0.4, -0.2) is 44.0 Å². The quantitative estimate of drug-likeness (QED) is 0.923. The topological polar surface area (TPSA) is 35.6 Å². The van der Waals surface area contributed by atoms with Gasteiger partial charge in [0.15, 0.2) is 0 Å². The lowest BCUT2D eigenvalue weighted by Gasteiger charge is -2.35. The van der Waals surface area contributed by atoms with Gasteiger partial charge in [0.2, 0.25) is 0 Å². The maximum Gasteiger partial charge on any atom is 0.258 e. The Hall–Kier alpha value is -2.11. The van der Waals surface area contributed by atoms with Gasteiger partial charge in [-0.05, 0) is 37.4 Å². The van der Waals surface area contributed by atoms with E-state index in [1.54, 1.807) is 0 Å². The first-order valence-corrected chi connectivity index (χ1v) is 8.21. The minimum absolute atomic E-state index is 0.0208. The van der Waals surface area contributed by atoms with Crippen molar-refractivity contribution in [2.75, 3.05) is 43.4 Å². The van der Waals surface area contributed by atoms with Gasteiger partial charge in [-0.15, -0.1) is 0 Å². The highest BCUT2D eigenvalue weighted by Gasteiger charge is 2.19. The molecule has 1 N–H and O–H groups in total. The third kappa shape index (κ3) is 3.68. The van der Waals surface area contributed by atoms with Crippen LogP contribution in [0.5, 0.6) is 0 Å². The van der Waals surface area contributed by atoms with E-state index in [-0.39, 0.29) is 10.6 Å². The van der Waals surface area contributed by atoms with Crippen LogP contribution in [0.4, 0.5) is 15.8 Å². The number of carbonyl (C=O) groups excluding carboxylic acids is 1. The highest BCUT2D eigenvalue weighted by atomic mass is 35.5. The fourth-order valence-electron chi connectivity index (χ4n) is 2.77. The highest BCUT2D eigenvalue weighted by Crippen LogP contribution is 2.27. The van der Waals surface area contributed by atoms with Crippen LogP contribution in [0.25, 0.3) is 0 Å². The van der Waals surface area contributed by atoms with E-state index in [4.69, 9.17) is 11.6 Å². The largest absolute Gasteiger partial charge is 0.367 e. The van der Waals surface area contributed by atoms with Gasteiger partial charge in [-0.1, -0.05) is 23.7 Å².